The summed E-state index contributed by atoms with van der Waals surface area (Å²) < 4.78 is 0. The number of nitrogens with zero attached hydrogens (tertiary/aromatic N) is 2. The molecule has 2 rings (SSSR count). The van der Waals surface area contributed by atoms with Crippen LogP contribution in [0.5, 0.6) is 0 Å². The average molecular weight is 298 g/mol. The second kappa shape index (κ2) is 6.49. The molecule has 0 atom stereocenters. The predicted molar refractivity (Wildman–Crippen MR) is 83.6 cm³/mol. The molecule has 0 fully saturated rings. The highest BCUT2D eigenvalue weighted by atomic mass is 16.6. The summed E-state index contributed by atoms with van der Waals surface area (Å²) in [7, 11) is 0. The van der Waals surface area contributed by atoms with Gasteiger partial charge >= 0.3 is 0 Å². The Balaban J connectivity index is 2.13. The molecule has 0 spiro atoms. The Morgan fingerprint density at radius 2 is 1.86 bits per heavy atom. The topological polar surface area (TPSA) is 111 Å². The number of amides is 1. The summed E-state index contributed by atoms with van der Waals surface area (Å²) in [6.07, 6.45) is 0. The summed E-state index contributed by atoms with van der Waals surface area (Å²) in [6, 6.07) is 12.5. The molecular weight excluding hydrogens is 284 g/mol. The number of hydrogen-bond donors (Lipinski definition) is 2. The Hall–Kier alpha value is -3.22. The number of nitrogens with two attached hydrogens (primary N) is 1. The summed E-state index contributed by atoms with van der Waals surface area (Å²) in [5, 5.41) is 14.7. The number of hydrogen-bond acceptors (Lipinski definition) is 5. The molecule has 3 N–H and O–H groups in total. The molecule has 7 heteroatoms. The van der Waals surface area contributed by atoms with E-state index in [1.54, 1.807) is 25.1 Å². The zero-order valence-electron chi connectivity index (χ0n) is 11.8. The minimum Gasteiger partial charge on any atom is -0.399 e. The summed E-state index contributed by atoms with van der Waals surface area (Å²) in [5.41, 5.74) is 10.0. The van der Waals surface area contributed by atoms with Gasteiger partial charge in [0.25, 0.3) is 11.6 Å². The van der Waals surface area contributed by atoms with Crippen molar-refractivity contribution in [3.63, 3.8) is 0 Å². The van der Waals surface area contributed by atoms with Crippen molar-refractivity contribution in [2.75, 3.05) is 5.73 Å². The van der Waals surface area contributed by atoms with Crippen molar-refractivity contribution in [2.45, 2.75) is 6.92 Å². The fourth-order valence-corrected chi connectivity index (χ4v) is 1.79. The van der Waals surface area contributed by atoms with Gasteiger partial charge in [-0.15, -0.1) is 0 Å². The van der Waals surface area contributed by atoms with E-state index in [1.165, 1.54) is 24.3 Å². The van der Waals surface area contributed by atoms with Gasteiger partial charge in [0.2, 0.25) is 0 Å². The lowest BCUT2D eigenvalue weighted by atomic mass is 10.1. The van der Waals surface area contributed by atoms with Crippen molar-refractivity contribution in [3.05, 3.63) is 69.8 Å². The minimum absolute atomic E-state index is 0.149. The van der Waals surface area contributed by atoms with Crippen molar-refractivity contribution < 1.29 is 9.72 Å². The van der Waals surface area contributed by atoms with Crippen LogP contribution in [0.1, 0.15) is 22.8 Å². The molecule has 7 nitrogen and oxygen atoms in total. The maximum absolute atomic E-state index is 12.0. The quantitative estimate of drug-likeness (QED) is 0.390. The second-order valence-electron chi connectivity index (χ2n) is 4.57. The number of benzene rings is 2. The molecular formula is C15H14N4O3. The van der Waals surface area contributed by atoms with E-state index in [0.717, 1.165) is 5.56 Å². The Bertz CT molecular complexity index is 756. The number of non-ortho nitro benzene ring substituents is 1. The smallest absolute Gasteiger partial charge is 0.271 e. The molecule has 2 aromatic rings. The zero-order chi connectivity index (χ0) is 16.1. The van der Waals surface area contributed by atoms with Gasteiger partial charge in [-0.3, -0.25) is 14.9 Å². The van der Waals surface area contributed by atoms with E-state index in [-0.39, 0.29) is 11.3 Å². The summed E-state index contributed by atoms with van der Waals surface area (Å²) in [6.45, 7) is 1.72. The van der Waals surface area contributed by atoms with Crippen molar-refractivity contribution in [2.24, 2.45) is 5.10 Å². The van der Waals surface area contributed by atoms with Gasteiger partial charge in [0, 0.05) is 23.4 Å². The largest absolute Gasteiger partial charge is 0.399 e. The van der Waals surface area contributed by atoms with E-state index in [0.29, 0.717) is 11.4 Å². The average Bonchev–Trinajstić information content (AvgIpc) is 2.52. The van der Waals surface area contributed by atoms with Crippen LogP contribution in [0.25, 0.3) is 0 Å². The lowest BCUT2D eigenvalue weighted by molar-refractivity contribution is -0.384. The van der Waals surface area contributed by atoms with Crippen LogP contribution < -0.4 is 11.2 Å². The van der Waals surface area contributed by atoms with Gasteiger partial charge in [0.1, 0.15) is 0 Å². The maximum atomic E-state index is 12.0. The third kappa shape index (κ3) is 3.66. The molecule has 0 saturated heterocycles. The number of carbonyl (C=O) groups is 1. The molecule has 2 aromatic carbocycles. The number of nitro groups is 1. The summed E-state index contributed by atoms with van der Waals surface area (Å²) in [4.78, 5) is 22.1. The number of anilines is 1. The second-order valence-corrected chi connectivity index (χ2v) is 4.57. The van der Waals surface area contributed by atoms with Crippen LogP contribution in [-0.2, 0) is 0 Å². The first-order chi connectivity index (χ1) is 10.5. The Labute approximate surface area is 126 Å². The van der Waals surface area contributed by atoms with Crippen molar-refractivity contribution in [1.29, 1.82) is 0 Å². The molecule has 22 heavy (non-hydrogen) atoms. The first-order valence-corrected chi connectivity index (χ1v) is 6.42. The van der Waals surface area contributed by atoms with Crippen LogP contribution in [0, 0.1) is 10.1 Å². The zero-order valence-corrected chi connectivity index (χ0v) is 11.8. The SMILES string of the molecule is C/C(=N\NC(=O)c1cccc([N+](=O)[O-])c1)c1cccc(N)c1. The first-order valence-electron chi connectivity index (χ1n) is 6.42. The predicted octanol–water partition coefficient (Wildman–Crippen LogP) is 2.33. The number of carbonyl (C=O) groups excluding carboxylic acids is 1. The van der Waals surface area contributed by atoms with Crippen molar-refractivity contribution >= 4 is 23.0 Å². The minimum atomic E-state index is -0.557. The Kier molecular flexibility index (Phi) is 4.47. The molecule has 0 bridgehead atoms. The lowest BCUT2D eigenvalue weighted by Gasteiger charge is -2.04. The van der Waals surface area contributed by atoms with Crippen LogP contribution >= 0.6 is 0 Å². The van der Waals surface area contributed by atoms with Gasteiger partial charge in [0.15, 0.2) is 0 Å². The van der Waals surface area contributed by atoms with Crippen molar-refractivity contribution in [1.82, 2.24) is 5.43 Å². The number of rotatable bonds is 4. The molecule has 0 saturated carbocycles. The van der Waals surface area contributed by atoms with Crippen LogP contribution in [0.15, 0.2) is 53.6 Å². The third-order valence-electron chi connectivity index (χ3n) is 2.95. The van der Waals surface area contributed by atoms with E-state index >= 15 is 0 Å². The molecule has 1 amide bonds. The van der Waals surface area contributed by atoms with Gasteiger partial charge in [-0.05, 0) is 30.7 Å². The van der Waals surface area contributed by atoms with E-state index in [2.05, 4.69) is 10.5 Å². The maximum Gasteiger partial charge on any atom is 0.271 e. The first kappa shape index (κ1) is 15.2. The van der Waals surface area contributed by atoms with Crippen LogP contribution in [0.4, 0.5) is 11.4 Å². The van der Waals surface area contributed by atoms with E-state index < -0.39 is 10.8 Å². The number of nitro benzene ring substituents is 1. The molecule has 0 aliphatic rings. The molecule has 0 unspecified atom stereocenters. The molecule has 0 aliphatic heterocycles. The molecule has 0 heterocycles. The third-order valence-corrected chi connectivity index (χ3v) is 2.95. The lowest BCUT2D eigenvalue weighted by Crippen LogP contribution is -2.19. The standard InChI is InChI=1S/C15H14N4O3/c1-10(11-4-2-6-13(16)8-11)17-18-15(20)12-5-3-7-14(9-12)19(21)22/h2-9H,16H2,1H3,(H,18,20)/b17-10+. The number of nitrogens with one attached hydrogen (secondary N) is 1. The highest BCUT2D eigenvalue weighted by Crippen LogP contribution is 2.13. The van der Waals surface area contributed by atoms with Gasteiger partial charge in [-0.2, -0.15) is 5.10 Å². The fourth-order valence-electron chi connectivity index (χ4n) is 1.79. The molecule has 0 aromatic heterocycles. The Morgan fingerprint density at radius 1 is 1.18 bits per heavy atom. The highest BCUT2D eigenvalue weighted by molar-refractivity contribution is 6.01. The van der Waals surface area contributed by atoms with E-state index in [9.17, 15) is 14.9 Å². The summed E-state index contributed by atoms with van der Waals surface area (Å²) in [5.74, 6) is -0.521. The molecule has 0 radical (unpaired) electrons. The van der Waals surface area contributed by atoms with E-state index in [1.807, 2.05) is 6.07 Å². The summed E-state index contributed by atoms with van der Waals surface area (Å²) >= 11 is 0. The highest BCUT2D eigenvalue weighted by Gasteiger charge is 2.11. The Morgan fingerprint density at radius 3 is 2.55 bits per heavy atom. The van der Waals surface area contributed by atoms with Gasteiger partial charge in [-0.25, -0.2) is 5.43 Å². The molecule has 112 valence electrons. The van der Waals surface area contributed by atoms with Crippen molar-refractivity contribution in [3.8, 4) is 0 Å². The van der Waals surface area contributed by atoms with E-state index in [4.69, 9.17) is 5.73 Å². The van der Waals surface area contributed by atoms with Gasteiger partial charge < -0.3 is 5.73 Å². The molecule has 0 aliphatic carbocycles. The number of nitrogen functional groups attached to an aromatic ring is 1. The number of hydrazone groups is 1. The van der Waals surface area contributed by atoms with Gasteiger partial charge in [-0.1, -0.05) is 18.2 Å². The van der Waals surface area contributed by atoms with Crippen LogP contribution in [0.2, 0.25) is 0 Å². The van der Waals surface area contributed by atoms with Gasteiger partial charge in [0.05, 0.1) is 10.6 Å². The van der Waals surface area contributed by atoms with Crippen LogP contribution in [0.3, 0.4) is 0 Å². The fraction of sp³-hybridized carbons (Fsp3) is 0.0667. The van der Waals surface area contributed by atoms with Crippen LogP contribution in [-0.4, -0.2) is 16.5 Å². The normalized spacial score (nSPS) is 11.0. The monoisotopic (exact) mass is 298 g/mol.